The summed E-state index contributed by atoms with van der Waals surface area (Å²) in [5.41, 5.74) is -1.87. The molecule has 8 heteroatoms. The molecule has 1 heterocycles. The average Bonchev–Trinajstić information content (AvgIpc) is 2.57. The first-order valence-corrected chi connectivity index (χ1v) is 7.73. The SMILES string of the molecule is Cc1ccc(Nc2c(C(=O)N3CC(O)(C=O)C3)ccc(F)c2F)c(F)c1. The van der Waals surface area contributed by atoms with Crippen molar-refractivity contribution in [3.05, 3.63) is 58.9 Å². The van der Waals surface area contributed by atoms with Gasteiger partial charge in [-0.1, -0.05) is 6.07 Å². The van der Waals surface area contributed by atoms with Gasteiger partial charge in [0.2, 0.25) is 0 Å². The minimum absolute atomic E-state index is 0.123. The number of benzene rings is 2. The molecular weight excluding hydrogens is 349 g/mol. The van der Waals surface area contributed by atoms with E-state index in [9.17, 15) is 27.9 Å². The second-order valence-electron chi connectivity index (χ2n) is 6.27. The Morgan fingerprint density at radius 1 is 1.19 bits per heavy atom. The van der Waals surface area contributed by atoms with Crippen LogP contribution in [-0.2, 0) is 4.79 Å². The van der Waals surface area contributed by atoms with Crippen molar-refractivity contribution >= 4 is 23.6 Å². The Labute approximate surface area is 147 Å². The third-order valence-corrected chi connectivity index (χ3v) is 4.15. The zero-order valence-corrected chi connectivity index (χ0v) is 13.7. The van der Waals surface area contributed by atoms with E-state index in [2.05, 4.69) is 5.32 Å². The van der Waals surface area contributed by atoms with Crippen LogP contribution in [0.2, 0.25) is 0 Å². The lowest BCUT2D eigenvalue weighted by Crippen LogP contribution is -2.64. The summed E-state index contributed by atoms with van der Waals surface area (Å²) < 4.78 is 42.0. The Bertz CT molecular complexity index is 895. The minimum atomic E-state index is -1.63. The van der Waals surface area contributed by atoms with Crippen molar-refractivity contribution in [2.45, 2.75) is 12.5 Å². The van der Waals surface area contributed by atoms with Crippen LogP contribution in [0.25, 0.3) is 0 Å². The summed E-state index contributed by atoms with van der Waals surface area (Å²) in [6.45, 7) is 1.15. The zero-order valence-electron chi connectivity index (χ0n) is 13.7. The molecule has 3 rings (SSSR count). The number of nitrogens with one attached hydrogen (secondary N) is 1. The highest BCUT2D eigenvalue weighted by Crippen LogP contribution is 2.31. The van der Waals surface area contributed by atoms with Crippen molar-refractivity contribution in [3.63, 3.8) is 0 Å². The maximum Gasteiger partial charge on any atom is 0.256 e. The molecule has 2 aromatic rings. The molecule has 1 aliphatic rings. The second kappa shape index (κ2) is 6.45. The van der Waals surface area contributed by atoms with Crippen molar-refractivity contribution in [2.75, 3.05) is 18.4 Å². The standard InChI is InChI=1S/C18H15F3N2O3/c1-10-2-5-14(13(20)6-10)22-16-11(3-4-12(19)15(16)21)17(25)23-7-18(26,8-23)9-24/h2-6,9,22,26H,7-8H2,1H3. The van der Waals surface area contributed by atoms with Gasteiger partial charge in [0.15, 0.2) is 23.5 Å². The van der Waals surface area contributed by atoms with Gasteiger partial charge in [-0.2, -0.15) is 0 Å². The Kier molecular flexibility index (Phi) is 4.45. The summed E-state index contributed by atoms with van der Waals surface area (Å²) in [5.74, 6) is -3.94. The number of aryl methyl sites for hydroxylation is 1. The van der Waals surface area contributed by atoms with Crippen LogP contribution in [-0.4, -0.2) is 40.9 Å². The van der Waals surface area contributed by atoms with E-state index in [4.69, 9.17) is 0 Å². The van der Waals surface area contributed by atoms with Gasteiger partial charge in [0.1, 0.15) is 5.82 Å². The molecule has 0 aromatic heterocycles. The topological polar surface area (TPSA) is 69.6 Å². The van der Waals surface area contributed by atoms with Gasteiger partial charge >= 0.3 is 0 Å². The molecule has 0 spiro atoms. The number of β-amino-alcohol motifs (C(OH)–C–C–N with tert-alkyl or cyclic N) is 1. The maximum absolute atomic E-state index is 14.3. The average molecular weight is 364 g/mol. The number of carbonyl (C=O) groups excluding carboxylic acids is 2. The number of nitrogens with zero attached hydrogens (tertiary/aromatic N) is 1. The monoisotopic (exact) mass is 364 g/mol. The molecule has 1 amide bonds. The smallest absolute Gasteiger partial charge is 0.256 e. The van der Waals surface area contributed by atoms with Gasteiger partial charge in [-0.25, -0.2) is 13.2 Å². The van der Waals surface area contributed by atoms with E-state index in [0.717, 1.165) is 17.0 Å². The summed E-state index contributed by atoms with van der Waals surface area (Å²) in [6.07, 6.45) is 0.322. The van der Waals surface area contributed by atoms with Crippen LogP contribution in [0.3, 0.4) is 0 Å². The van der Waals surface area contributed by atoms with E-state index in [1.165, 1.54) is 12.1 Å². The van der Waals surface area contributed by atoms with E-state index in [-0.39, 0.29) is 24.3 Å². The third kappa shape index (κ3) is 3.15. The first-order valence-electron chi connectivity index (χ1n) is 7.73. The van der Waals surface area contributed by atoms with Gasteiger partial charge in [0.25, 0.3) is 5.91 Å². The molecule has 26 heavy (non-hydrogen) atoms. The number of carbonyl (C=O) groups is 2. The highest BCUT2D eigenvalue weighted by atomic mass is 19.2. The highest BCUT2D eigenvalue weighted by molar-refractivity contribution is 6.01. The van der Waals surface area contributed by atoms with Crippen molar-refractivity contribution in [1.29, 1.82) is 0 Å². The Morgan fingerprint density at radius 3 is 2.50 bits per heavy atom. The van der Waals surface area contributed by atoms with Gasteiger partial charge in [0.05, 0.1) is 30.0 Å². The molecule has 1 aliphatic heterocycles. The molecule has 0 bridgehead atoms. The molecular formula is C18H15F3N2O3. The number of halogens is 3. The van der Waals surface area contributed by atoms with E-state index in [0.29, 0.717) is 11.8 Å². The molecule has 2 N–H and O–H groups in total. The first kappa shape index (κ1) is 17.9. The van der Waals surface area contributed by atoms with E-state index in [1.807, 2.05) is 0 Å². The Hall–Kier alpha value is -2.87. The number of hydrogen-bond acceptors (Lipinski definition) is 4. The second-order valence-corrected chi connectivity index (χ2v) is 6.27. The van der Waals surface area contributed by atoms with Crippen LogP contribution >= 0.6 is 0 Å². The summed E-state index contributed by atoms with van der Waals surface area (Å²) in [6, 6.07) is 5.97. The predicted octanol–water partition coefficient (Wildman–Crippen LogP) is 2.54. The molecule has 0 atom stereocenters. The summed E-state index contributed by atoms with van der Waals surface area (Å²) in [7, 11) is 0. The lowest BCUT2D eigenvalue weighted by molar-refractivity contribution is -0.138. The largest absolute Gasteiger partial charge is 0.379 e. The molecule has 1 fully saturated rings. The fraction of sp³-hybridized carbons (Fsp3) is 0.222. The summed E-state index contributed by atoms with van der Waals surface area (Å²) in [5, 5.41) is 12.1. The van der Waals surface area contributed by atoms with E-state index < -0.39 is 34.6 Å². The van der Waals surface area contributed by atoms with Crippen LogP contribution in [0.15, 0.2) is 30.3 Å². The molecule has 0 radical (unpaired) electrons. The summed E-state index contributed by atoms with van der Waals surface area (Å²) >= 11 is 0. The molecule has 2 aromatic carbocycles. The zero-order chi connectivity index (χ0) is 19.1. The molecule has 5 nitrogen and oxygen atoms in total. The van der Waals surface area contributed by atoms with E-state index in [1.54, 1.807) is 13.0 Å². The third-order valence-electron chi connectivity index (χ3n) is 4.15. The maximum atomic E-state index is 14.3. The fourth-order valence-corrected chi connectivity index (χ4v) is 2.71. The van der Waals surface area contributed by atoms with Crippen molar-refractivity contribution < 1.29 is 27.9 Å². The van der Waals surface area contributed by atoms with Crippen LogP contribution in [0, 0.1) is 24.4 Å². The molecule has 0 aliphatic carbocycles. The Morgan fingerprint density at radius 2 is 1.88 bits per heavy atom. The quantitative estimate of drug-likeness (QED) is 0.818. The number of rotatable bonds is 4. The number of likely N-dealkylation sites (tertiary alicyclic amines) is 1. The molecule has 0 saturated carbocycles. The fourth-order valence-electron chi connectivity index (χ4n) is 2.71. The number of aliphatic hydroxyl groups is 1. The van der Waals surface area contributed by atoms with Crippen LogP contribution in [0.5, 0.6) is 0 Å². The first-order chi connectivity index (χ1) is 12.2. The van der Waals surface area contributed by atoms with E-state index >= 15 is 0 Å². The van der Waals surface area contributed by atoms with Crippen LogP contribution < -0.4 is 5.32 Å². The lowest BCUT2D eigenvalue weighted by atomic mass is 9.95. The van der Waals surface area contributed by atoms with Crippen molar-refractivity contribution in [1.82, 2.24) is 4.90 Å². The normalized spacial score (nSPS) is 15.3. The lowest BCUT2D eigenvalue weighted by Gasteiger charge is -2.42. The van der Waals surface area contributed by atoms with Crippen LogP contribution in [0.4, 0.5) is 24.5 Å². The highest BCUT2D eigenvalue weighted by Gasteiger charge is 2.44. The molecule has 136 valence electrons. The number of anilines is 2. The van der Waals surface area contributed by atoms with Gasteiger partial charge in [0, 0.05) is 0 Å². The number of amides is 1. The van der Waals surface area contributed by atoms with Gasteiger partial charge in [-0.05, 0) is 36.8 Å². The van der Waals surface area contributed by atoms with Crippen molar-refractivity contribution in [2.24, 2.45) is 0 Å². The van der Waals surface area contributed by atoms with Gasteiger partial charge in [-0.15, -0.1) is 0 Å². The minimum Gasteiger partial charge on any atom is -0.379 e. The number of hydrogen-bond donors (Lipinski definition) is 2. The van der Waals surface area contributed by atoms with Gasteiger partial charge < -0.3 is 15.3 Å². The predicted molar refractivity (Wildman–Crippen MR) is 87.7 cm³/mol. The van der Waals surface area contributed by atoms with Crippen molar-refractivity contribution in [3.8, 4) is 0 Å². The van der Waals surface area contributed by atoms with Crippen LogP contribution in [0.1, 0.15) is 15.9 Å². The molecule has 0 unspecified atom stereocenters. The Balaban J connectivity index is 1.95. The van der Waals surface area contributed by atoms with Gasteiger partial charge in [-0.3, -0.25) is 9.59 Å². The summed E-state index contributed by atoms with van der Waals surface area (Å²) in [4.78, 5) is 24.4. The number of aldehydes is 1. The molecule has 1 saturated heterocycles.